The Morgan fingerprint density at radius 1 is 1.27 bits per heavy atom. The lowest BCUT2D eigenvalue weighted by Gasteiger charge is -2.30. The molecule has 2 rings (SSSR count). The Kier molecular flexibility index (Phi) is 5.26. The minimum atomic E-state index is -4.12. The summed E-state index contributed by atoms with van der Waals surface area (Å²) in [5.41, 5.74) is 0.735. The Bertz CT molecular complexity index is 485. The molecule has 22 heavy (non-hydrogen) atoms. The van der Waals surface area contributed by atoms with E-state index in [0.29, 0.717) is 12.8 Å². The van der Waals surface area contributed by atoms with Gasteiger partial charge in [-0.3, -0.25) is 4.98 Å². The highest BCUT2D eigenvalue weighted by Gasteiger charge is 2.41. The van der Waals surface area contributed by atoms with Gasteiger partial charge >= 0.3 is 12.2 Å². The van der Waals surface area contributed by atoms with Crippen LogP contribution in [0.1, 0.15) is 44.3 Å². The van der Waals surface area contributed by atoms with E-state index in [1.54, 1.807) is 18.3 Å². The number of hydrogen-bond acceptors (Lipinski definition) is 2. The fraction of sp³-hybridized carbons (Fsp3) is 0.600. The fourth-order valence-electron chi connectivity index (χ4n) is 2.69. The molecule has 122 valence electrons. The average Bonchev–Trinajstić information content (AvgIpc) is 2.47. The van der Waals surface area contributed by atoms with E-state index in [4.69, 9.17) is 0 Å². The van der Waals surface area contributed by atoms with Crippen LogP contribution in [0.2, 0.25) is 0 Å². The lowest BCUT2D eigenvalue weighted by Crippen LogP contribution is -2.45. The highest BCUT2D eigenvalue weighted by molar-refractivity contribution is 5.74. The van der Waals surface area contributed by atoms with Gasteiger partial charge in [0.1, 0.15) is 0 Å². The fourth-order valence-corrected chi connectivity index (χ4v) is 2.69. The highest BCUT2D eigenvalue weighted by Crippen LogP contribution is 2.37. The first-order chi connectivity index (χ1) is 10.4. The zero-order valence-electron chi connectivity index (χ0n) is 12.4. The first kappa shape index (κ1) is 16.6. The van der Waals surface area contributed by atoms with Crippen LogP contribution < -0.4 is 10.6 Å². The highest BCUT2D eigenvalue weighted by atomic mass is 19.4. The van der Waals surface area contributed by atoms with Crippen LogP contribution in [0.5, 0.6) is 0 Å². The van der Waals surface area contributed by atoms with E-state index < -0.39 is 12.1 Å². The third-order valence-electron chi connectivity index (χ3n) is 4.00. The van der Waals surface area contributed by atoms with Crippen molar-refractivity contribution in [2.75, 3.05) is 0 Å². The standard InChI is InChI=1S/C15H20F3N3O/c1-10(13-4-2-3-9-19-13)20-14(22)21-12-7-5-11(6-8-12)15(16,17)18/h2-4,9-12H,5-8H2,1H3,(H2,20,21,22). The molecule has 0 saturated heterocycles. The molecule has 1 aromatic heterocycles. The quantitative estimate of drug-likeness (QED) is 0.896. The zero-order valence-corrected chi connectivity index (χ0v) is 12.4. The SMILES string of the molecule is CC(NC(=O)NC1CCC(C(F)(F)F)CC1)c1ccccn1. The topological polar surface area (TPSA) is 54.0 Å². The molecule has 0 bridgehead atoms. The number of nitrogens with zero attached hydrogens (tertiary/aromatic N) is 1. The van der Waals surface area contributed by atoms with Crippen molar-refractivity contribution in [2.45, 2.75) is 50.9 Å². The Hall–Kier alpha value is -1.79. The second kappa shape index (κ2) is 6.98. The van der Waals surface area contributed by atoms with Crippen LogP contribution in [0.15, 0.2) is 24.4 Å². The summed E-state index contributed by atoms with van der Waals surface area (Å²) in [4.78, 5) is 16.0. The summed E-state index contributed by atoms with van der Waals surface area (Å²) in [5.74, 6) is -1.24. The molecule has 1 aliphatic rings. The number of carbonyl (C=O) groups excluding carboxylic acids is 1. The third-order valence-corrected chi connectivity index (χ3v) is 4.00. The summed E-state index contributed by atoms with van der Waals surface area (Å²) in [6, 6.07) is 4.60. The molecule has 0 radical (unpaired) electrons. The summed E-state index contributed by atoms with van der Waals surface area (Å²) in [5, 5.41) is 5.50. The van der Waals surface area contributed by atoms with Crippen molar-refractivity contribution in [1.82, 2.24) is 15.6 Å². The molecule has 1 atom stereocenters. The van der Waals surface area contributed by atoms with Gasteiger partial charge in [0.05, 0.1) is 17.7 Å². The molecule has 1 fully saturated rings. The van der Waals surface area contributed by atoms with Gasteiger partial charge in [-0.1, -0.05) is 6.07 Å². The Morgan fingerprint density at radius 2 is 1.95 bits per heavy atom. The maximum Gasteiger partial charge on any atom is 0.391 e. The number of alkyl halides is 3. The van der Waals surface area contributed by atoms with Gasteiger partial charge in [-0.15, -0.1) is 0 Å². The van der Waals surface area contributed by atoms with Crippen LogP contribution in [-0.2, 0) is 0 Å². The Balaban J connectivity index is 1.77. The summed E-state index contributed by atoms with van der Waals surface area (Å²) in [7, 11) is 0. The lowest BCUT2D eigenvalue weighted by molar-refractivity contribution is -0.182. The molecule has 1 aromatic rings. The van der Waals surface area contributed by atoms with Crippen LogP contribution >= 0.6 is 0 Å². The van der Waals surface area contributed by atoms with E-state index in [1.165, 1.54) is 0 Å². The number of halogens is 3. The van der Waals surface area contributed by atoms with E-state index in [1.807, 2.05) is 13.0 Å². The van der Waals surface area contributed by atoms with E-state index >= 15 is 0 Å². The van der Waals surface area contributed by atoms with Gasteiger partial charge in [0, 0.05) is 12.2 Å². The van der Waals surface area contributed by atoms with E-state index in [0.717, 1.165) is 5.69 Å². The van der Waals surface area contributed by atoms with Crippen molar-refractivity contribution >= 4 is 6.03 Å². The van der Waals surface area contributed by atoms with Crippen molar-refractivity contribution < 1.29 is 18.0 Å². The third kappa shape index (κ3) is 4.61. The zero-order chi connectivity index (χ0) is 16.2. The molecule has 0 aliphatic heterocycles. The molecule has 2 N–H and O–H groups in total. The molecule has 1 unspecified atom stereocenters. The maximum absolute atomic E-state index is 12.6. The van der Waals surface area contributed by atoms with Crippen molar-refractivity contribution in [3.05, 3.63) is 30.1 Å². The number of nitrogens with one attached hydrogen (secondary N) is 2. The van der Waals surface area contributed by atoms with Crippen LogP contribution in [0.4, 0.5) is 18.0 Å². The smallest absolute Gasteiger partial charge is 0.335 e. The van der Waals surface area contributed by atoms with Gasteiger partial charge in [-0.25, -0.2) is 4.79 Å². The Morgan fingerprint density at radius 3 is 2.50 bits per heavy atom. The largest absolute Gasteiger partial charge is 0.391 e. The lowest BCUT2D eigenvalue weighted by atomic mass is 9.85. The summed E-state index contributed by atoms with van der Waals surface area (Å²) in [6.45, 7) is 1.81. The van der Waals surface area contributed by atoms with E-state index in [-0.39, 0.29) is 31.0 Å². The average molecular weight is 315 g/mol. The van der Waals surface area contributed by atoms with Crippen molar-refractivity contribution in [2.24, 2.45) is 5.92 Å². The first-order valence-electron chi connectivity index (χ1n) is 7.41. The minimum absolute atomic E-state index is 0.0737. The molecule has 2 amide bonds. The predicted octanol–water partition coefficient (Wildman–Crippen LogP) is 3.56. The van der Waals surface area contributed by atoms with Crippen molar-refractivity contribution in [3.8, 4) is 0 Å². The molecular formula is C15H20F3N3O. The molecule has 0 spiro atoms. The molecule has 1 saturated carbocycles. The molecule has 1 heterocycles. The normalized spacial score (nSPS) is 23.6. The van der Waals surface area contributed by atoms with Gasteiger partial charge in [-0.05, 0) is 44.7 Å². The van der Waals surface area contributed by atoms with Gasteiger partial charge < -0.3 is 10.6 Å². The molecule has 4 nitrogen and oxygen atoms in total. The number of aromatic nitrogens is 1. The van der Waals surface area contributed by atoms with E-state index in [9.17, 15) is 18.0 Å². The Labute approximate surface area is 127 Å². The maximum atomic E-state index is 12.6. The van der Waals surface area contributed by atoms with Crippen molar-refractivity contribution in [1.29, 1.82) is 0 Å². The second-order valence-electron chi connectivity index (χ2n) is 5.68. The van der Waals surface area contributed by atoms with Crippen LogP contribution in [0.3, 0.4) is 0 Å². The number of carbonyl (C=O) groups is 1. The first-order valence-corrected chi connectivity index (χ1v) is 7.41. The van der Waals surface area contributed by atoms with Gasteiger partial charge in [0.2, 0.25) is 0 Å². The van der Waals surface area contributed by atoms with Crippen LogP contribution in [0, 0.1) is 5.92 Å². The molecule has 1 aliphatic carbocycles. The van der Waals surface area contributed by atoms with Gasteiger partial charge in [0.15, 0.2) is 0 Å². The monoisotopic (exact) mass is 315 g/mol. The number of pyridine rings is 1. The van der Waals surface area contributed by atoms with Gasteiger partial charge in [0.25, 0.3) is 0 Å². The van der Waals surface area contributed by atoms with Gasteiger partial charge in [-0.2, -0.15) is 13.2 Å². The minimum Gasteiger partial charge on any atom is -0.335 e. The summed E-state index contributed by atoms with van der Waals surface area (Å²) < 4.78 is 37.8. The number of urea groups is 1. The van der Waals surface area contributed by atoms with Crippen LogP contribution in [0.25, 0.3) is 0 Å². The molecule has 0 aromatic carbocycles. The molecular weight excluding hydrogens is 295 g/mol. The number of amides is 2. The van der Waals surface area contributed by atoms with Crippen molar-refractivity contribution in [3.63, 3.8) is 0 Å². The second-order valence-corrected chi connectivity index (χ2v) is 5.68. The summed E-state index contributed by atoms with van der Waals surface area (Å²) in [6.07, 6.45) is -1.62. The predicted molar refractivity (Wildman–Crippen MR) is 76.1 cm³/mol. The number of hydrogen-bond donors (Lipinski definition) is 2. The molecule has 7 heteroatoms. The van der Waals surface area contributed by atoms with Crippen LogP contribution in [-0.4, -0.2) is 23.2 Å². The number of rotatable bonds is 3. The summed E-state index contributed by atoms with van der Waals surface area (Å²) >= 11 is 0. The van der Waals surface area contributed by atoms with E-state index in [2.05, 4.69) is 15.6 Å².